The van der Waals surface area contributed by atoms with Crippen molar-refractivity contribution in [3.05, 3.63) is 46.8 Å². The summed E-state index contributed by atoms with van der Waals surface area (Å²) in [4.78, 5) is 8.97. The van der Waals surface area contributed by atoms with Gasteiger partial charge in [0.25, 0.3) is 0 Å². The molecule has 0 radical (unpaired) electrons. The van der Waals surface area contributed by atoms with Crippen molar-refractivity contribution >= 4 is 29.5 Å². The predicted octanol–water partition coefficient (Wildman–Crippen LogP) is 4.28. The van der Waals surface area contributed by atoms with Gasteiger partial charge in [-0.1, -0.05) is 44.2 Å². The third-order valence-corrected chi connectivity index (χ3v) is 5.26. The van der Waals surface area contributed by atoms with Crippen LogP contribution in [0, 0.1) is 10.7 Å². The van der Waals surface area contributed by atoms with E-state index in [9.17, 15) is 0 Å². The second-order valence-corrected chi connectivity index (χ2v) is 7.21. The molecule has 1 aromatic carbocycles. The van der Waals surface area contributed by atoms with Crippen molar-refractivity contribution < 1.29 is 0 Å². The Hall–Kier alpha value is -2.41. The molecule has 0 unspecified atom stereocenters. The van der Waals surface area contributed by atoms with Crippen molar-refractivity contribution in [3.8, 4) is 0 Å². The molecule has 2 aromatic heterocycles. The lowest BCUT2D eigenvalue weighted by atomic mass is 9.86. The fraction of sp³-hybridized carbons (Fsp3) is 0.421. The number of para-hydroxylation sites is 2. The van der Waals surface area contributed by atoms with Gasteiger partial charge in [0.05, 0.1) is 23.4 Å². The molecule has 1 aliphatic rings. The minimum absolute atomic E-state index is 0.508. The maximum absolute atomic E-state index is 5.33. The number of rotatable bonds is 5. The summed E-state index contributed by atoms with van der Waals surface area (Å²) >= 11 is 5.33. The number of nitrogens with one attached hydrogen (secondary N) is 1. The van der Waals surface area contributed by atoms with Crippen LogP contribution in [0.15, 0.2) is 35.6 Å². The van der Waals surface area contributed by atoms with Gasteiger partial charge in [-0.05, 0) is 36.7 Å². The van der Waals surface area contributed by atoms with Gasteiger partial charge in [0, 0.05) is 6.42 Å². The third-order valence-electron chi connectivity index (χ3n) is 4.99. The number of aromatic nitrogens is 5. The quantitative estimate of drug-likeness (QED) is 0.540. The Morgan fingerprint density at radius 3 is 2.85 bits per heavy atom. The van der Waals surface area contributed by atoms with Gasteiger partial charge in [-0.3, -0.25) is 10.1 Å². The summed E-state index contributed by atoms with van der Waals surface area (Å²) in [6.45, 7) is 0. The Balaban J connectivity index is 1.50. The van der Waals surface area contributed by atoms with Crippen LogP contribution < -0.4 is 0 Å². The first-order valence-electron chi connectivity index (χ1n) is 9.22. The standard InChI is InChI=1S/C19H22N6S/c26-19-24-23-18(11-10-14-6-2-1-3-7-14)25(19)21-13-15-12-20-16-8-4-5-9-17(16)22-15/h4-5,8-9,12-14H,1-3,6-7,10-11H2,(H,24,26)/b21-13-. The maximum atomic E-state index is 5.33. The fourth-order valence-corrected chi connectivity index (χ4v) is 3.76. The number of hydrogen-bond acceptors (Lipinski definition) is 5. The van der Waals surface area contributed by atoms with Gasteiger partial charge in [0.1, 0.15) is 5.69 Å². The SMILES string of the molecule is S=c1[nH]nc(CCC2CCCCC2)n1/N=C\c1cnc2ccccc2n1. The van der Waals surface area contributed by atoms with E-state index in [-0.39, 0.29) is 0 Å². The summed E-state index contributed by atoms with van der Waals surface area (Å²) in [5.74, 6) is 1.68. The molecule has 0 spiro atoms. The van der Waals surface area contributed by atoms with E-state index in [4.69, 9.17) is 12.2 Å². The number of benzene rings is 1. The lowest BCUT2D eigenvalue weighted by Gasteiger charge is -2.20. The first-order valence-corrected chi connectivity index (χ1v) is 9.63. The van der Waals surface area contributed by atoms with Crippen molar-refractivity contribution in [2.24, 2.45) is 11.0 Å². The molecule has 0 amide bonds. The molecule has 0 bridgehead atoms. The first kappa shape index (κ1) is 17.0. The molecule has 1 fully saturated rings. The maximum Gasteiger partial charge on any atom is 0.216 e. The Morgan fingerprint density at radius 1 is 1.19 bits per heavy atom. The lowest BCUT2D eigenvalue weighted by molar-refractivity contribution is 0.336. The zero-order valence-corrected chi connectivity index (χ0v) is 15.5. The van der Waals surface area contributed by atoms with E-state index in [1.807, 2.05) is 24.3 Å². The molecule has 1 saturated carbocycles. The van der Waals surface area contributed by atoms with Gasteiger partial charge in [-0.25, -0.2) is 4.98 Å². The molecule has 0 atom stereocenters. The van der Waals surface area contributed by atoms with Gasteiger partial charge in [-0.2, -0.15) is 14.9 Å². The number of nitrogens with zero attached hydrogens (tertiary/aromatic N) is 5. The molecular formula is C19H22N6S. The minimum atomic E-state index is 0.508. The molecule has 1 N–H and O–H groups in total. The van der Waals surface area contributed by atoms with Crippen LogP contribution in [0.5, 0.6) is 0 Å². The van der Waals surface area contributed by atoms with Crippen LogP contribution in [0.1, 0.15) is 50.0 Å². The monoisotopic (exact) mass is 366 g/mol. The van der Waals surface area contributed by atoms with Crippen LogP contribution in [0.4, 0.5) is 0 Å². The van der Waals surface area contributed by atoms with E-state index < -0.39 is 0 Å². The van der Waals surface area contributed by atoms with Crippen LogP contribution in [0.2, 0.25) is 0 Å². The highest BCUT2D eigenvalue weighted by atomic mass is 32.1. The summed E-state index contributed by atoms with van der Waals surface area (Å²) in [6.07, 6.45) is 12.2. The van der Waals surface area contributed by atoms with Gasteiger partial charge >= 0.3 is 0 Å². The predicted molar refractivity (Wildman–Crippen MR) is 105 cm³/mol. The molecule has 7 heteroatoms. The van der Waals surface area contributed by atoms with E-state index in [0.717, 1.165) is 35.6 Å². The summed E-state index contributed by atoms with van der Waals surface area (Å²) in [6, 6.07) is 7.79. The Bertz CT molecular complexity index is 967. The van der Waals surface area contributed by atoms with Crippen molar-refractivity contribution in [2.75, 3.05) is 0 Å². The van der Waals surface area contributed by atoms with Gasteiger partial charge in [-0.15, -0.1) is 0 Å². The number of H-pyrrole nitrogens is 1. The number of hydrogen-bond donors (Lipinski definition) is 1. The van der Waals surface area contributed by atoms with Crippen molar-refractivity contribution in [1.29, 1.82) is 0 Å². The van der Waals surface area contributed by atoms with Gasteiger partial charge < -0.3 is 0 Å². The van der Waals surface area contributed by atoms with E-state index in [1.165, 1.54) is 32.1 Å². The normalized spacial score (nSPS) is 15.8. The third kappa shape index (κ3) is 3.88. The number of aromatic amines is 1. The average molecular weight is 366 g/mol. The molecule has 0 aliphatic heterocycles. The molecule has 26 heavy (non-hydrogen) atoms. The van der Waals surface area contributed by atoms with Crippen LogP contribution in [0.25, 0.3) is 11.0 Å². The zero-order chi connectivity index (χ0) is 17.8. The molecule has 4 rings (SSSR count). The Kier molecular flexibility index (Phi) is 5.15. The summed E-state index contributed by atoms with van der Waals surface area (Å²) < 4.78 is 2.21. The van der Waals surface area contributed by atoms with Crippen LogP contribution >= 0.6 is 12.2 Å². The van der Waals surface area contributed by atoms with Gasteiger partial charge in [0.15, 0.2) is 5.82 Å². The van der Waals surface area contributed by atoms with Gasteiger partial charge in [0.2, 0.25) is 4.77 Å². The molecule has 1 aliphatic carbocycles. The number of fused-ring (bicyclic) bond motifs is 1. The van der Waals surface area contributed by atoms with Crippen molar-refractivity contribution in [3.63, 3.8) is 0 Å². The Labute approximate surface area is 157 Å². The highest BCUT2D eigenvalue weighted by Crippen LogP contribution is 2.27. The molecule has 3 aromatic rings. The molecule has 2 heterocycles. The van der Waals surface area contributed by atoms with E-state index >= 15 is 0 Å². The van der Waals surface area contributed by atoms with Crippen molar-refractivity contribution in [1.82, 2.24) is 24.8 Å². The fourth-order valence-electron chi connectivity index (χ4n) is 3.56. The first-order chi connectivity index (χ1) is 12.8. The molecule has 6 nitrogen and oxygen atoms in total. The van der Waals surface area contributed by atoms with Crippen LogP contribution in [0.3, 0.4) is 0 Å². The summed E-state index contributed by atoms with van der Waals surface area (Å²) in [5, 5.41) is 11.7. The summed E-state index contributed by atoms with van der Waals surface area (Å²) in [7, 11) is 0. The smallest absolute Gasteiger partial charge is 0.216 e. The minimum Gasteiger partial charge on any atom is -0.252 e. The van der Waals surface area contributed by atoms with Crippen LogP contribution in [-0.4, -0.2) is 31.1 Å². The average Bonchev–Trinajstić information content (AvgIpc) is 3.05. The molecule has 0 saturated heterocycles. The largest absolute Gasteiger partial charge is 0.252 e. The van der Waals surface area contributed by atoms with Crippen molar-refractivity contribution in [2.45, 2.75) is 44.9 Å². The van der Waals surface area contributed by atoms with E-state index in [2.05, 4.69) is 25.3 Å². The zero-order valence-electron chi connectivity index (χ0n) is 14.6. The molecular weight excluding hydrogens is 344 g/mol. The Morgan fingerprint density at radius 2 is 2.00 bits per heavy atom. The summed E-state index contributed by atoms with van der Waals surface area (Å²) in [5.41, 5.74) is 2.42. The highest BCUT2D eigenvalue weighted by Gasteiger charge is 2.15. The van der Waals surface area contributed by atoms with E-state index in [1.54, 1.807) is 17.1 Å². The lowest BCUT2D eigenvalue weighted by Crippen LogP contribution is -2.09. The second-order valence-electron chi connectivity index (χ2n) is 6.83. The van der Waals surface area contributed by atoms with E-state index in [0.29, 0.717) is 10.5 Å². The number of aryl methyl sites for hydroxylation is 1. The van der Waals surface area contributed by atoms with Crippen LogP contribution in [-0.2, 0) is 6.42 Å². The topological polar surface area (TPSA) is 71.8 Å². The second kappa shape index (κ2) is 7.86. The molecule has 134 valence electrons. The highest BCUT2D eigenvalue weighted by molar-refractivity contribution is 7.71.